The first-order chi connectivity index (χ1) is 64.0. The SMILES string of the molecule is CC1(C)c2ccccc2-c2ccc(-c3c4ccccc4c(-c4ccc5c(c4)C(C)(C)c4ccccc4-5)c4cc(-c5c6ccccc6c(-c6cccc7ccccc67)c6ccccc56)ccc34)cc21.c1ccc(-c2ccc(-c3c4ccccc4c(-c4ccc(-c5ccccc5)cc4)c4cc(-c5c6ccccc6c(-c6ccc7ccccc7c6)c6ccccc56)ccc34)cc2)cc1. The third kappa shape index (κ3) is 12.1. The van der Waals surface area contributed by atoms with Crippen molar-refractivity contribution in [2.24, 2.45) is 0 Å². The molecular weight excluding hydrogens is 1560 g/mol. The van der Waals surface area contributed by atoms with Crippen LogP contribution < -0.4 is 0 Å². The van der Waals surface area contributed by atoms with Crippen LogP contribution in [0.5, 0.6) is 0 Å². The maximum Gasteiger partial charge on any atom is 0.0159 e. The summed E-state index contributed by atoms with van der Waals surface area (Å²) < 4.78 is 0. The molecule has 2 aliphatic carbocycles. The second-order valence-corrected chi connectivity index (χ2v) is 36.6. The average Bonchev–Trinajstić information content (AvgIpc) is 1.23. The zero-order valence-electron chi connectivity index (χ0n) is 72.9. The van der Waals surface area contributed by atoms with Crippen molar-refractivity contribution >= 4 is 108 Å². The van der Waals surface area contributed by atoms with Crippen LogP contribution in [-0.4, -0.2) is 0 Å². The first-order valence-electron chi connectivity index (χ1n) is 45.7. The second-order valence-electron chi connectivity index (χ2n) is 36.6. The van der Waals surface area contributed by atoms with E-state index in [1.54, 1.807) is 0 Å². The van der Waals surface area contributed by atoms with Crippen LogP contribution in [0.15, 0.2) is 461 Å². The van der Waals surface area contributed by atoms with Gasteiger partial charge in [-0.25, -0.2) is 0 Å². The maximum atomic E-state index is 2.53. The number of hydrogen-bond acceptors (Lipinski definition) is 0. The number of fused-ring (bicyclic) bond motifs is 16. The summed E-state index contributed by atoms with van der Waals surface area (Å²) in [6, 6.07) is 172. The lowest BCUT2D eigenvalue weighted by Gasteiger charge is -2.24. The molecule has 0 unspecified atom stereocenters. The lowest BCUT2D eigenvalue weighted by atomic mass is 9.79. The van der Waals surface area contributed by atoms with Crippen LogP contribution in [0, 0.1) is 0 Å². The Kier molecular flexibility index (Phi) is 17.8. The normalized spacial score (nSPS) is 12.9. The summed E-state index contributed by atoms with van der Waals surface area (Å²) in [5.74, 6) is 0. The Morgan fingerprint density at radius 3 is 0.762 bits per heavy atom. The fraction of sp³-hybridized carbons (Fsp3) is 0.0462. The van der Waals surface area contributed by atoms with E-state index in [1.807, 2.05) is 0 Å². The molecule has 0 heterocycles. The molecular formula is C130H88. The molecule has 0 saturated carbocycles. The molecule has 0 amide bonds. The molecule has 0 spiro atoms. The summed E-state index contributed by atoms with van der Waals surface area (Å²) in [4.78, 5) is 0. The number of benzene rings is 24. The predicted octanol–water partition coefficient (Wildman–Crippen LogP) is 36.2. The average molecular weight is 1650 g/mol. The molecule has 130 heavy (non-hydrogen) atoms. The van der Waals surface area contributed by atoms with Crippen LogP contribution in [0.4, 0.5) is 0 Å². The Labute approximate surface area is 757 Å². The van der Waals surface area contributed by atoms with Crippen LogP contribution in [0.1, 0.15) is 49.9 Å². The summed E-state index contributed by atoms with van der Waals surface area (Å²) in [6.45, 7) is 9.57. The summed E-state index contributed by atoms with van der Waals surface area (Å²) in [7, 11) is 0. The molecule has 0 fully saturated rings. The van der Waals surface area contributed by atoms with E-state index < -0.39 is 0 Å². The number of rotatable bonds is 10. The van der Waals surface area contributed by atoms with Crippen molar-refractivity contribution in [1.82, 2.24) is 0 Å². The van der Waals surface area contributed by atoms with Gasteiger partial charge in [0.1, 0.15) is 0 Å². The topological polar surface area (TPSA) is 0 Å². The molecule has 0 N–H and O–H groups in total. The van der Waals surface area contributed by atoms with Gasteiger partial charge in [0.05, 0.1) is 0 Å². The van der Waals surface area contributed by atoms with Crippen molar-refractivity contribution in [2.45, 2.75) is 38.5 Å². The maximum absolute atomic E-state index is 2.53. The van der Waals surface area contributed by atoms with Gasteiger partial charge >= 0.3 is 0 Å². The lowest BCUT2D eigenvalue weighted by Crippen LogP contribution is -2.15. The summed E-state index contributed by atoms with van der Waals surface area (Å²) in [5, 5.41) is 25.1. The van der Waals surface area contributed by atoms with Crippen molar-refractivity contribution in [3.8, 4) is 134 Å². The molecule has 0 saturated heterocycles. The summed E-state index contributed by atoms with van der Waals surface area (Å²) >= 11 is 0. The molecule has 0 aliphatic heterocycles. The zero-order chi connectivity index (χ0) is 86.5. The minimum Gasteiger partial charge on any atom is -0.0622 e. The van der Waals surface area contributed by atoms with Crippen molar-refractivity contribution in [1.29, 1.82) is 0 Å². The zero-order valence-corrected chi connectivity index (χ0v) is 72.9. The molecule has 0 bridgehead atoms. The Hall–Kier alpha value is -16.1. The monoisotopic (exact) mass is 1650 g/mol. The van der Waals surface area contributed by atoms with Crippen molar-refractivity contribution in [3.05, 3.63) is 483 Å². The van der Waals surface area contributed by atoms with E-state index in [9.17, 15) is 0 Å². The molecule has 0 heteroatoms. The molecule has 0 radical (unpaired) electrons. The highest BCUT2D eigenvalue weighted by Gasteiger charge is 2.38. The van der Waals surface area contributed by atoms with Crippen LogP contribution >= 0.6 is 0 Å². The van der Waals surface area contributed by atoms with Crippen molar-refractivity contribution < 1.29 is 0 Å². The van der Waals surface area contributed by atoms with Crippen molar-refractivity contribution in [3.63, 3.8) is 0 Å². The first kappa shape index (κ1) is 76.3. The molecule has 608 valence electrons. The van der Waals surface area contributed by atoms with E-state index in [0.29, 0.717) is 0 Å². The minimum atomic E-state index is -0.128. The van der Waals surface area contributed by atoms with E-state index in [4.69, 9.17) is 0 Å². The van der Waals surface area contributed by atoms with Gasteiger partial charge in [0, 0.05) is 10.8 Å². The van der Waals surface area contributed by atoms with Gasteiger partial charge in [0.2, 0.25) is 0 Å². The highest BCUT2D eigenvalue weighted by atomic mass is 14.4. The molecule has 2 aliphatic rings. The van der Waals surface area contributed by atoms with E-state index in [0.717, 1.165) is 0 Å². The Morgan fingerprint density at radius 2 is 0.354 bits per heavy atom. The van der Waals surface area contributed by atoms with E-state index in [-0.39, 0.29) is 10.8 Å². The highest BCUT2D eigenvalue weighted by molar-refractivity contribution is 6.29. The van der Waals surface area contributed by atoms with E-state index >= 15 is 0 Å². The van der Waals surface area contributed by atoms with E-state index in [1.165, 1.54) is 264 Å². The van der Waals surface area contributed by atoms with Crippen LogP contribution in [0.3, 0.4) is 0 Å². The minimum absolute atomic E-state index is 0.115. The van der Waals surface area contributed by atoms with Gasteiger partial charge in [-0.05, 0) is 294 Å². The fourth-order valence-corrected chi connectivity index (χ4v) is 22.8. The Balaban J connectivity index is 0.000000141. The van der Waals surface area contributed by atoms with E-state index in [2.05, 4.69) is 489 Å². The van der Waals surface area contributed by atoms with Gasteiger partial charge in [-0.15, -0.1) is 0 Å². The van der Waals surface area contributed by atoms with Gasteiger partial charge in [-0.2, -0.15) is 0 Å². The van der Waals surface area contributed by atoms with Crippen molar-refractivity contribution in [2.75, 3.05) is 0 Å². The Bertz CT molecular complexity index is 8680. The third-order valence-electron chi connectivity index (χ3n) is 28.9. The van der Waals surface area contributed by atoms with Gasteiger partial charge in [0.15, 0.2) is 0 Å². The second kappa shape index (κ2) is 30.3. The molecule has 0 nitrogen and oxygen atoms in total. The number of hydrogen-bond donors (Lipinski definition) is 0. The van der Waals surface area contributed by atoms with Crippen LogP contribution in [0.25, 0.3) is 241 Å². The summed E-state index contributed by atoms with van der Waals surface area (Å²) in [5.41, 5.74) is 35.6. The lowest BCUT2D eigenvalue weighted by molar-refractivity contribution is 0.660. The molecule has 0 aromatic heterocycles. The molecule has 24 aromatic rings. The standard InChI is InChI=1S/C68H48.C62H40/c1-67(2)59-30-15-13-21-46(59)48-35-32-43(39-61(48)67)64-51-23-7-8-24-52(51)65(44-33-36-49-47-22-14-16-31-60(47)68(3,4)62(49)40-44)58-38-42(34-37-57(58)64)63-53-25-9-11-27-55(53)66(56-28-12-10-26-54(56)63)50-29-17-19-41-18-5-6-20-45(41)50;1-3-15-41(16-4-1)44-27-32-46(33-28-44)59-51-21-9-10-22-52(51)60(47-34-29-45(30-35-47)42-17-5-2-6-18-42)58-40-50(37-38-57(58)59)62-55-25-13-11-23-53(55)61(54-24-12-14-26-56(54)62)49-36-31-43-19-7-8-20-48(43)39-49/h5-40H,1-4H3;1-40H. The van der Waals surface area contributed by atoms with Gasteiger partial charge in [0.25, 0.3) is 0 Å². The van der Waals surface area contributed by atoms with Crippen LogP contribution in [-0.2, 0) is 10.8 Å². The van der Waals surface area contributed by atoms with Gasteiger partial charge in [-0.3, -0.25) is 0 Å². The third-order valence-corrected chi connectivity index (χ3v) is 28.9. The molecule has 26 rings (SSSR count). The quantitative estimate of drug-likeness (QED) is 0.120. The highest BCUT2D eigenvalue weighted by Crippen LogP contribution is 2.57. The molecule has 0 atom stereocenters. The molecule has 24 aromatic carbocycles. The fourth-order valence-electron chi connectivity index (χ4n) is 22.8. The first-order valence-corrected chi connectivity index (χ1v) is 45.7. The summed E-state index contributed by atoms with van der Waals surface area (Å²) in [6.07, 6.45) is 0. The largest absolute Gasteiger partial charge is 0.0622 e. The predicted molar refractivity (Wildman–Crippen MR) is 557 cm³/mol. The van der Waals surface area contributed by atoms with Gasteiger partial charge < -0.3 is 0 Å². The van der Waals surface area contributed by atoms with Gasteiger partial charge in [-0.1, -0.05) is 458 Å². The van der Waals surface area contributed by atoms with Crippen LogP contribution in [0.2, 0.25) is 0 Å². The smallest absolute Gasteiger partial charge is 0.0159 e. The Morgan fingerprint density at radius 1 is 0.115 bits per heavy atom.